The molecule has 2 heterocycles. The third-order valence-electron chi connectivity index (χ3n) is 6.90. The molecular weight excluding hydrogens is 475 g/mol. The second kappa shape index (κ2) is 10.2. The first-order valence-electron chi connectivity index (χ1n) is 11.3. The van der Waals surface area contributed by atoms with Gasteiger partial charge in [-0.05, 0) is 35.4 Å². The average molecular weight is 503 g/mol. The van der Waals surface area contributed by atoms with Crippen molar-refractivity contribution in [1.29, 1.82) is 0 Å². The van der Waals surface area contributed by atoms with Gasteiger partial charge in [0.1, 0.15) is 0 Å². The van der Waals surface area contributed by atoms with Crippen LogP contribution in [0.1, 0.15) is 36.8 Å². The lowest BCUT2D eigenvalue weighted by molar-refractivity contribution is -0.131. The van der Waals surface area contributed by atoms with E-state index in [1.807, 2.05) is 62.4 Å². The normalized spacial score (nSPS) is 24.6. The van der Waals surface area contributed by atoms with Crippen molar-refractivity contribution in [2.45, 2.75) is 25.7 Å². The van der Waals surface area contributed by atoms with Gasteiger partial charge >= 0.3 is 6.03 Å². The van der Waals surface area contributed by atoms with Gasteiger partial charge in [0, 0.05) is 46.8 Å². The minimum atomic E-state index is -0.425. The maximum absolute atomic E-state index is 12.7. The zero-order chi connectivity index (χ0) is 24.4. The SMILES string of the molecule is CC1C(=O)N(CNC(=O)NCN2CC(c3ccc(Cl)cc3)C(C)C2=O)CC1c1ccc(Cl)cc1. The van der Waals surface area contributed by atoms with Crippen molar-refractivity contribution in [1.82, 2.24) is 20.4 Å². The Kier molecular flexibility index (Phi) is 7.33. The Morgan fingerprint density at radius 1 is 0.765 bits per heavy atom. The van der Waals surface area contributed by atoms with Gasteiger partial charge in [0.05, 0.1) is 13.3 Å². The highest BCUT2D eigenvalue weighted by molar-refractivity contribution is 6.30. The molecule has 34 heavy (non-hydrogen) atoms. The van der Waals surface area contributed by atoms with E-state index in [-0.39, 0.29) is 48.8 Å². The Hall–Kier alpha value is -2.77. The molecule has 0 saturated carbocycles. The van der Waals surface area contributed by atoms with Crippen molar-refractivity contribution in [2.75, 3.05) is 26.4 Å². The van der Waals surface area contributed by atoms with Crippen molar-refractivity contribution in [2.24, 2.45) is 11.8 Å². The van der Waals surface area contributed by atoms with Gasteiger partial charge in [-0.25, -0.2) is 4.79 Å². The number of hydrogen-bond donors (Lipinski definition) is 2. The summed E-state index contributed by atoms with van der Waals surface area (Å²) in [5.41, 5.74) is 2.10. The van der Waals surface area contributed by atoms with E-state index in [1.54, 1.807) is 9.80 Å². The van der Waals surface area contributed by atoms with Gasteiger partial charge in [-0.15, -0.1) is 0 Å². The predicted octanol–water partition coefficient (Wildman–Crippen LogP) is 4.03. The fourth-order valence-electron chi connectivity index (χ4n) is 4.78. The summed E-state index contributed by atoms with van der Waals surface area (Å²) in [4.78, 5) is 41.0. The van der Waals surface area contributed by atoms with Gasteiger partial charge in [-0.1, -0.05) is 61.3 Å². The van der Waals surface area contributed by atoms with E-state index in [1.165, 1.54) is 0 Å². The van der Waals surface area contributed by atoms with Gasteiger partial charge < -0.3 is 20.4 Å². The fourth-order valence-corrected chi connectivity index (χ4v) is 5.03. The number of nitrogens with zero attached hydrogens (tertiary/aromatic N) is 2. The molecule has 2 saturated heterocycles. The Bertz CT molecular complexity index is 977. The lowest BCUT2D eigenvalue weighted by atomic mass is 9.90. The number of carbonyl (C=O) groups excluding carboxylic acids is 3. The van der Waals surface area contributed by atoms with Crippen LogP contribution in [0.15, 0.2) is 48.5 Å². The summed E-state index contributed by atoms with van der Waals surface area (Å²) in [6, 6.07) is 14.6. The lowest BCUT2D eigenvalue weighted by Crippen LogP contribution is -2.47. The smallest absolute Gasteiger partial charge is 0.317 e. The summed E-state index contributed by atoms with van der Waals surface area (Å²) in [6.45, 7) is 5.06. The minimum Gasteiger partial charge on any atom is -0.324 e. The van der Waals surface area contributed by atoms with Crippen LogP contribution in [0.2, 0.25) is 10.0 Å². The van der Waals surface area contributed by atoms with Crippen LogP contribution in [-0.4, -0.2) is 54.1 Å². The molecule has 0 radical (unpaired) electrons. The highest BCUT2D eigenvalue weighted by Crippen LogP contribution is 2.34. The van der Waals surface area contributed by atoms with Gasteiger partial charge in [-0.3, -0.25) is 9.59 Å². The third-order valence-corrected chi connectivity index (χ3v) is 7.40. The third kappa shape index (κ3) is 5.15. The van der Waals surface area contributed by atoms with E-state index < -0.39 is 6.03 Å². The molecule has 2 N–H and O–H groups in total. The summed E-state index contributed by atoms with van der Waals surface area (Å²) < 4.78 is 0. The number of likely N-dealkylation sites (tertiary alicyclic amines) is 2. The van der Waals surface area contributed by atoms with E-state index in [0.717, 1.165) is 11.1 Å². The van der Waals surface area contributed by atoms with E-state index in [2.05, 4.69) is 10.6 Å². The Balaban J connectivity index is 1.26. The lowest BCUT2D eigenvalue weighted by Gasteiger charge is -2.20. The molecule has 4 atom stereocenters. The van der Waals surface area contributed by atoms with Crippen LogP contribution in [0.4, 0.5) is 4.79 Å². The maximum atomic E-state index is 12.7. The molecule has 0 spiro atoms. The van der Waals surface area contributed by atoms with Gasteiger partial charge in [0.15, 0.2) is 0 Å². The summed E-state index contributed by atoms with van der Waals surface area (Å²) in [6.07, 6.45) is 0. The van der Waals surface area contributed by atoms with Crippen LogP contribution in [-0.2, 0) is 9.59 Å². The molecule has 4 amide bonds. The second-order valence-corrected chi connectivity index (χ2v) is 9.89. The van der Waals surface area contributed by atoms with Crippen molar-refractivity contribution in [3.8, 4) is 0 Å². The number of nitrogens with one attached hydrogen (secondary N) is 2. The van der Waals surface area contributed by atoms with Crippen LogP contribution in [0, 0.1) is 11.8 Å². The molecule has 180 valence electrons. The number of rotatable bonds is 6. The highest BCUT2D eigenvalue weighted by atomic mass is 35.5. The molecule has 4 rings (SSSR count). The average Bonchev–Trinajstić information content (AvgIpc) is 3.27. The molecule has 2 aliphatic rings. The van der Waals surface area contributed by atoms with Crippen LogP contribution in [0.25, 0.3) is 0 Å². The molecule has 7 nitrogen and oxygen atoms in total. The van der Waals surface area contributed by atoms with Crippen molar-refractivity contribution in [3.05, 3.63) is 69.7 Å². The molecule has 9 heteroatoms. The summed E-state index contributed by atoms with van der Waals surface area (Å²) >= 11 is 11.9. The molecule has 0 bridgehead atoms. The molecule has 2 fully saturated rings. The number of carbonyl (C=O) groups is 3. The van der Waals surface area contributed by atoms with Crippen LogP contribution in [0.3, 0.4) is 0 Å². The molecule has 0 aromatic heterocycles. The van der Waals surface area contributed by atoms with Gasteiger partial charge in [0.25, 0.3) is 0 Å². The first-order valence-corrected chi connectivity index (χ1v) is 12.1. The molecule has 2 aliphatic heterocycles. The Morgan fingerprint density at radius 2 is 1.12 bits per heavy atom. The number of hydrogen-bond acceptors (Lipinski definition) is 3. The zero-order valence-corrected chi connectivity index (χ0v) is 20.6. The standard InChI is InChI=1S/C25H28Cl2N4O3/c1-15-21(17-3-7-19(26)8-4-17)11-30(23(15)32)13-28-25(34)29-14-31-12-22(16(2)24(31)33)18-5-9-20(27)10-6-18/h3-10,15-16,21-22H,11-14H2,1-2H3,(H2,28,29,34). The quantitative estimate of drug-likeness (QED) is 0.625. The zero-order valence-electron chi connectivity index (χ0n) is 19.1. The first-order chi connectivity index (χ1) is 16.2. The largest absolute Gasteiger partial charge is 0.324 e. The number of amides is 4. The fraction of sp³-hybridized carbons (Fsp3) is 0.400. The predicted molar refractivity (Wildman–Crippen MR) is 132 cm³/mol. The van der Waals surface area contributed by atoms with Crippen LogP contribution >= 0.6 is 23.2 Å². The Labute approximate surface area is 209 Å². The summed E-state index contributed by atoms with van der Waals surface area (Å²) in [5.74, 6) is -0.283. The molecule has 2 aromatic carbocycles. The van der Waals surface area contributed by atoms with E-state index >= 15 is 0 Å². The molecule has 0 aliphatic carbocycles. The summed E-state index contributed by atoms with van der Waals surface area (Å²) in [5, 5.41) is 6.78. The maximum Gasteiger partial charge on any atom is 0.317 e. The van der Waals surface area contributed by atoms with E-state index in [4.69, 9.17) is 23.2 Å². The highest BCUT2D eigenvalue weighted by Gasteiger charge is 2.39. The summed E-state index contributed by atoms with van der Waals surface area (Å²) in [7, 11) is 0. The van der Waals surface area contributed by atoms with E-state index in [0.29, 0.717) is 23.1 Å². The van der Waals surface area contributed by atoms with Gasteiger partial charge in [-0.2, -0.15) is 0 Å². The topological polar surface area (TPSA) is 81.8 Å². The number of halogens is 2. The second-order valence-electron chi connectivity index (χ2n) is 9.01. The number of urea groups is 1. The molecule has 4 unspecified atom stereocenters. The van der Waals surface area contributed by atoms with E-state index in [9.17, 15) is 14.4 Å². The molecule has 2 aromatic rings. The van der Waals surface area contributed by atoms with Crippen molar-refractivity contribution < 1.29 is 14.4 Å². The van der Waals surface area contributed by atoms with Crippen molar-refractivity contribution >= 4 is 41.0 Å². The Morgan fingerprint density at radius 3 is 1.47 bits per heavy atom. The molecular formula is C25H28Cl2N4O3. The monoisotopic (exact) mass is 502 g/mol. The number of benzene rings is 2. The van der Waals surface area contributed by atoms with Crippen molar-refractivity contribution in [3.63, 3.8) is 0 Å². The first kappa shape index (κ1) is 24.4. The minimum absolute atomic E-state index is 0.00500. The van der Waals surface area contributed by atoms with Crippen LogP contribution < -0.4 is 10.6 Å². The van der Waals surface area contributed by atoms with Crippen LogP contribution in [0.5, 0.6) is 0 Å². The van der Waals surface area contributed by atoms with Gasteiger partial charge in [0.2, 0.25) is 11.8 Å².